The molecule has 1 aromatic carbocycles. The van der Waals surface area contributed by atoms with Crippen LogP contribution >= 0.6 is 11.6 Å². The van der Waals surface area contributed by atoms with Crippen LogP contribution in [0.5, 0.6) is 0 Å². The standard InChI is InChI=1S/C11H17ClN2O3S/c1-8-6-9(7-10(13)11(8)12)18(16,17)14-4-2-3-5-15/h6-7,14-15H,2-5,13H2,1H3. The molecule has 0 atom stereocenters. The molecule has 0 aromatic heterocycles. The molecule has 0 fully saturated rings. The maximum absolute atomic E-state index is 11.9. The first-order valence-electron chi connectivity index (χ1n) is 5.54. The van der Waals surface area contributed by atoms with Crippen molar-refractivity contribution in [1.29, 1.82) is 0 Å². The van der Waals surface area contributed by atoms with Crippen LogP contribution in [0, 0.1) is 6.92 Å². The predicted molar refractivity (Wildman–Crippen MR) is 72.1 cm³/mol. The molecule has 102 valence electrons. The van der Waals surface area contributed by atoms with E-state index in [9.17, 15) is 8.42 Å². The Kier molecular flexibility index (Phi) is 5.40. The number of nitrogens with two attached hydrogens (primary N) is 1. The number of benzene rings is 1. The monoisotopic (exact) mass is 292 g/mol. The molecule has 1 aromatic rings. The van der Waals surface area contributed by atoms with Gasteiger partial charge in [0.1, 0.15) is 0 Å². The van der Waals surface area contributed by atoms with E-state index in [1.54, 1.807) is 6.92 Å². The van der Waals surface area contributed by atoms with Gasteiger partial charge in [0.05, 0.1) is 15.6 Å². The molecular formula is C11H17ClN2O3S. The summed E-state index contributed by atoms with van der Waals surface area (Å²) >= 11 is 5.88. The Balaban J connectivity index is 2.85. The zero-order valence-electron chi connectivity index (χ0n) is 10.1. The van der Waals surface area contributed by atoms with Crippen molar-refractivity contribution in [1.82, 2.24) is 4.72 Å². The van der Waals surface area contributed by atoms with E-state index in [0.29, 0.717) is 23.4 Å². The van der Waals surface area contributed by atoms with Crippen LogP contribution in [0.4, 0.5) is 5.69 Å². The van der Waals surface area contributed by atoms with Gasteiger partial charge in [-0.2, -0.15) is 0 Å². The minimum absolute atomic E-state index is 0.0503. The summed E-state index contributed by atoms with van der Waals surface area (Å²) in [5.41, 5.74) is 6.50. The van der Waals surface area contributed by atoms with E-state index in [-0.39, 0.29) is 23.7 Å². The number of aliphatic hydroxyl groups is 1. The second-order valence-corrected chi connectivity index (χ2v) is 6.12. The van der Waals surface area contributed by atoms with E-state index in [0.717, 1.165) is 0 Å². The van der Waals surface area contributed by atoms with Crippen LogP contribution < -0.4 is 10.5 Å². The molecule has 0 heterocycles. The average Bonchev–Trinajstić information content (AvgIpc) is 2.31. The van der Waals surface area contributed by atoms with Crippen LogP contribution in [0.1, 0.15) is 18.4 Å². The van der Waals surface area contributed by atoms with E-state index in [4.69, 9.17) is 22.4 Å². The molecule has 4 N–H and O–H groups in total. The second kappa shape index (κ2) is 6.38. The molecule has 0 saturated carbocycles. The highest BCUT2D eigenvalue weighted by Gasteiger charge is 2.16. The molecule has 0 aliphatic rings. The number of hydrogen-bond donors (Lipinski definition) is 3. The largest absolute Gasteiger partial charge is 0.397 e. The van der Waals surface area contributed by atoms with Crippen molar-refractivity contribution in [3.8, 4) is 0 Å². The van der Waals surface area contributed by atoms with Gasteiger partial charge in [0.15, 0.2) is 0 Å². The van der Waals surface area contributed by atoms with Gasteiger partial charge in [0, 0.05) is 13.2 Å². The maximum Gasteiger partial charge on any atom is 0.240 e. The molecule has 0 amide bonds. The molecule has 0 aliphatic carbocycles. The van der Waals surface area contributed by atoms with Gasteiger partial charge >= 0.3 is 0 Å². The lowest BCUT2D eigenvalue weighted by Crippen LogP contribution is -2.25. The number of rotatable bonds is 6. The van der Waals surface area contributed by atoms with Crippen LogP contribution in [0.2, 0.25) is 5.02 Å². The third-order valence-electron chi connectivity index (χ3n) is 2.44. The number of nitrogens with one attached hydrogen (secondary N) is 1. The Morgan fingerprint density at radius 2 is 2.06 bits per heavy atom. The average molecular weight is 293 g/mol. The lowest BCUT2D eigenvalue weighted by atomic mass is 10.2. The summed E-state index contributed by atoms with van der Waals surface area (Å²) in [6.45, 7) is 2.03. The highest BCUT2D eigenvalue weighted by Crippen LogP contribution is 2.26. The lowest BCUT2D eigenvalue weighted by Gasteiger charge is -2.09. The van der Waals surface area contributed by atoms with Crippen LogP contribution in [-0.4, -0.2) is 26.7 Å². The molecule has 5 nitrogen and oxygen atoms in total. The summed E-state index contributed by atoms with van der Waals surface area (Å²) in [5.74, 6) is 0. The van der Waals surface area contributed by atoms with Gasteiger partial charge in [-0.3, -0.25) is 0 Å². The first-order chi connectivity index (χ1) is 8.38. The molecule has 0 bridgehead atoms. The Morgan fingerprint density at radius 1 is 1.39 bits per heavy atom. The Bertz CT molecular complexity index is 494. The molecule has 0 saturated heterocycles. The van der Waals surface area contributed by atoms with E-state index in [1.807, 2.05) is 0 Å². The highest BCUT2D eigenvalue weighted by atomic mass is 35.5. The van der Waals surface area contributed by atoms with Crippen molar-refractivity contribution in [3.63, 3.8) is 0 Å². The fraction of sp³-hybridized carbons (Fsp3) is 0.455. The summed E-state index contributed by atoms with van der Waals surface area (Å²) in [5, 5.41) is 8.98. The third-order valence-corrected chi connectivity index (χ3v) is 4.40. The molecule has 0 unspecified atom stereocenters. The molecule has 18 heavy (non-hydrogen) atoms. The smallest absolute Gasteiger partial charge is 0.240 e. The minimum Gasteiger partial charge on any atom is -0.397 e. The number of aryl methyl sites for hydroxylation is 1. The number of nitrogen functional groups attached to an aromatic ring is 1. The summed E-state index contributed by atoms with van der Waals surface area (Å²) in [6, 6.07) is 2.82. The zero-order valence-corrected chi connectivity index (χ0v) is 11.7. The molecule has 0 spiro atoms. The highest BCUT2D eigenvalue weighted by molar-refractivity contribution is 7.89. The van der Waals surface area contributed by atoms with E-state index >= 15 is 0 Å². The Hall–Kier alpha value is -0.820. The van der Waals surface area contributed by atoms with Crippen molar-refractivity contribution in [2.45, 2.75) is 24.7 Å². The van der Waals surface area contributed by atoms with E-state index < -0.39 is 10.0 Å². The number of halogens is 1. The van der Waals surface area contributed by atoms with Crippen molar-refractivity contribution in [2.24, 2.45) is 0 Å². The molecule has 1 rings (SSSR count). The Labute approximate surface area is 112 Å². The maximum atomic E-state index is 11.9. The second-order valence-electron chi connectivity index (χ2n) is 3.97. The first-order valence-corrected chi connectivity index (χ1v) is 7.40. The van der Waals surface area contributed by atoms with Gasteiger partial charge in [-0.05, 0) is 37.5 Å². The third kappa shape index (κ3) is 3.84. The number of sulfonamides is 1. The summed E-state index contributed by atoms with van der Waals surface area (Å²) < 4.78 is 26.3. The molecule has 7 heteroatoms. The van der Waals surface area contributed by atoms with Gasteiger partial charge in [-0.25, -0.2) is 13.1 Å². The summed E-state index contributed by atoms with van der Waals surface area (Å²) in [4.78, 5) is 0.103. The number of unbranched alkanes of at least 4 members (excludes halogenated alkanes) is 1. The number of aliphatic hydroxyl groups excluding tert-OH is 1. The Morgan fingerprint density at radius 3 is 2.61 bits per heavy atom. The molecular weight excluding hydrogens is 276 g/mol. The normalized spacial score (nSPS) is 11.7. The minimum atomic E-state index is -3.57. The van der Waals surface area contributed by atoms with Crippen LogP contribution in [0.3, 0.4) is 0 Å². The quantitative estimate of drug-likeness (QED) is 0.544. The van der Waals surface area contributed by atoms with E-state index in [1.165, 1.54) is 12.1 Å². The predicted octanol–water partition coefficient (Wildman–Crippen LogP) is 1.28. The number of anilines is 1. The topological polar surface area (TPSA) is 92.4 Å². The van der Waals surface area contributed by atoms with Gasteiger partial charge in [0.2, 0.25) is 10.0 Å². The van der Waals surface area contributed by atoms with Gasteiger partial charge < -0.3 is 10.8 Å². The lowest BCUT2D eigenvalue weighted by molar-refractivity contribution is 0.285. The van der Waals surface area contributed by atoms with Crippen molar-refractivity contribution < 1.29 is 13.5 Å². The summed E-state index contributed by atoms with van der Waals surface area (Å²) in [6.07, 6.45) is 1.14. The fourth-order valence-electron chi connectivity index (χ4n) is 1.44. The van der Waals surface area contributed by atoms with Crippen LogP contribution in [0.25, 0.3) is 0 Å². The SMILES string of the molecule is Cc1cc(S(=O)(=O)NCCCCO)cc(N)c1Cl. The van der Waals surface area contributed by atoms with Gasteiger partial charge in [-0.15, -0.1) is 0 Å². The van der Waals surface area contributed by atoms with Gasteiger partial charge in [0.25, 0.3) is 0 Å². The number of hydrogen-bond acceptors (Lipinski definition) is 4. The molecule has 0 radical (unpaired) electrons. The van der Waals surface area contributed by atoms with E-state index in [2.05, 4.69) is 4.72 Å². The van der Waals surface area contributed by atoms with Crippen molar-refractivity contribution in [2.75, 3.05) is 18.9 Å². The molecule has 0 aliphatic heterocycles. The fourth-order valence-corrected chi connectivity index (χ4v) is 2.75. The first kappa shape index (κ1) is 15.2. The van der Waals surface area contributed by atoms with Crippen LogP contribution in [-0.2, 0) is 10.0 Å². The van der Waals surface area contributed by atoms with Crippen LogP contribution in [0.15, 0.2) is 17.0 Å². The van der Waals surface area contributed by atoms with Crippen molar-refractivity contribution >= 4 is 27.3 Å². The van der Waals surface area contributed by atoms with Gasteiger partial charge in [-0.1, -0.05) is 11.6 Å². The summed E-state index contributed by atoms with van der Waals surface area (Å²) in [7, 11) is -3.57. The van der Waals surface area contributed by atoms with Crippen molar-refractivity contribution in [3.05, 3.63) is 22.7 Å². The zero-order chi connectivity index (χ0) is 13.8.